The van der Waals surface area contributed by atoms with Gasteiger partial charge in [0.1, 0.15) is 0 Å². The predicted molar refractivity (Wildman–Crippen MR) is 129 cm³/mol. The van der Waals surface area contributed by atoms with E-state index in [0.29, 0.717) is 35.6 Å². The topological polar surface area (TPSA) is 109 Å². The van der Waals surface area contributed by atoms with E-state index in [9.17, 15) is 18.0 Å². The quantitative estimate of drug-likeness (QED) is 0.532. The van der Waals surface area contributed by atoms with E-state index in [-0.39, 0.29) is 22.5 Å². The number of hydrogen-bond acceptors (Lipinski definition) is 5. The molecule has 2 amide bonds. The third-order valence-corrected chi connectivity index (χ3v) is 7.82. The molecule has 1 aliphatic heterocycles. The lowest BCUT2D eigenvalue weighted by molar-refractivity contribution is 0.0995. The molecule has 1 aromatic heterocycles. The van der Waals surface area contributed by atoms with Gasteiger partial charge in [0.25, 0.3) is 11.8 Å². The number of benzene rings is 2. The summed E-state index contributed by atoms with van der Waals surface area (Å²) in [6.45, 7) is 2.79. The Balaban J connectivity index is 1.46. The molecule has 8 nitrogen and oxygen atoms in total. The normalized spacial score (nSPS) is 14.9. The van der Waals surface area contributed by atoms with Crippen LogP contribution in [0.4, 0.5) is 11.4 Å². The maximum atomic E-state index is 13.3. The van der Waals surface area contributed by atoms with Crippen LogP contribution in [0.2, 0.25) is 0 Å². The van der Waals surface area contributed by atoms with E-state index in [0.717, 1.165) is 25.7 Å². The lowest BCUT2D eigenvalue weighted by atomic mass is 10.1. The largest absolute Gasteiger partial charge is 0.459 e. The molecular formula is C25H27N3O5S. The third-order valence-electron chi connectivity index (χ3n) is 5.78. The maximum Gasteiger partial charge on any atom is 0.291 e. The molecular weight excluding hydrogens is 454 g/mol. The van der Waals surface area contributed by atoms with E-state index in [1.54, 1.807) is 59.8 Å². The number of hydrogen-bond donors (Lipinski definition) is 2. The van der Waals surface area contributed by atoms with Crippen molar-refractivity contribution in [1.82, 2.24) is 4.31 Å². The molecule has 0 unspecified atom stereocenters. The molecule has 0 spiro atoms. The van der Waals surface area contributed by atoms with Crippen LogP contribution in [0.5, 0.6) is 0 Å². The molecule has 0 radical (unpaired) electrons. The summed E-state index contributed by atoms with van der Waals surface area (Å²) in [5.41, 5.74) is 1.92. The van der Waals surface area contributed by atoms with Crippen LogP contribution < -0.4 is 10.6 Å². The SMILES string of the molecule is Cc1ccc(NC(=O)c2ccc(NC(=O)c3ccco3)cc2)cc1S(=O)(=O)N1CCCCCC1. The van der Waals surface area contributed by atoms with E-state index >= 15 is 0 Å². The minimum Gasteiger partial charge on any atom is -0.459 e. The molecule has 3 aromatic rings. The van der Waals surface area contributed by atoms with Gasteiger partial charge in [0.2, 0.25) is 10.0 Å². The fraction of sp³-hybridized carbons (Fsp3) is 0.280. The van der Waals surface area contributed by atoms with Crippen LogP contribution in [-0.2, 0) is 10.0 Å². The van der Waals surface area contributed by atoms with Gasteiger partial charge in [-0.25, -0.2) is 8.42 Å². The standard InChI is InChI=1S/C25H27N3O5S/c1-18-8-11-21(17-23(18)34(31,32)28-14-4-2-3-5-15-28)27-24(29)19-9-12-20(13-10-19)26-25(30)22-7-6-16-33-22/h6-13,16-17H,2-5,14-15H2,1H3,(H,26,30)(H,27,29). The summed E-state index contributed by atoms with van der Waals surface area (Å²) < 4.78 is 33.1. The number of carbonyl (C=O) groups excluding carboxylic acids is 2. The Morgan fingerprint density at radius 2 is 1.50 bits per heavy atom. The average molecular weight is 482 g/mol. The minimum atomic E-state index is -3.64. The Morgan fingerprint density at radius 3 is 2.15 bits per heavy atom. The van der Waals surface area contributed by atoms with Crippen molar-refractivity contribution in [3.05, 3.63) is 77.7 Å². The van der Waals surface area contributed by atoms with Crippen LogP contribution >= 0.6 is 0 Å². The highest BCUT2D eigenvalue weighted by Gasteiger charge is 2.27. The monoisotopic (exact) mass is 481 g/mol. The third kappa shape index (κ3) is 5.37. The molecule has 178 valence electrons. The highest BCUT2D eigenvalue weighted by Crippen LogP contribution is 2.26. The van der Waals surface area contributed by atoms with Gasteiger partial charge in [-0.3, -0.25) is 9.59 Å². The van der Waals surface area contributed by atoms with Crippen molar-refractivity contribution in [2.75, 3.05) is 23.7 Å². The molecule has 2 heterocycles. The van der Waals surface area contributed by atoms with Gasteiger partial charge in [0.05, 0.1) is 11.2 Å². The fourth-order valence-corrected chi connectivity index (χ4v) is 5.65. The number of nitrogens with one attached hydrogen (secondary N) is 2. The summed E-state index contributed by atoms with van der Waals surface area (Å²) in [6, 6.07) is 14.5. The summed E-state index contributed by atoms with van der Waals surface area (Å²) in [5.74, 6) is -0.585. The van der Waals surface area contributed by atoms with Crippen molar-refractivity contribution in [2.45, 2.75) is 37.5 Å². The summed E-state index contributed by atoms with van der Waals surface area (Å²) in [7, 11) is -3.64. The second kappa shape index (κ2) is 10.2. The average Bonchev–Trinajstić information content (AvgIpc) is 3.22. The molecule has 0 atom stereocenters. The fourth-order valence-electron chi connectivity index (χ4n) is 3.89. The number of carbonyl (C=O) groups is 2. The van der Waals surface area contributed by atoms with Gasteiger partial charge in [-0.15, -0.1) is 0 Å². The van der Waals surface area contributed by atoms with Crippen molar-refractivity contribution < 1.29 is 22.4 Å². The molecule has 2 aromatic carbocycles. The summed E-state index contributed by atoms with van der Waals surface area (Å²) in [5, 5.41) is 5.46. The molecule has 0 saturated carbocycles. The molecule has 1 saturated heterocycles. The zero-order valence-electron chi connectivity index (χ0n) is 18.9. The molecule has 1 aliphatic rings. The Kier molecular flexibility index (Phi) is 7.14. The Hall–Kier alpha value is -3.43. The molecule has 2 N–H and O–H groups in total. The summed E-state index contributed by atoms with van der Waals surface area (Å²) in [4.78, 5) is 25.0. The number of aryl methyl sites for hydroxylation is 1. The van der Waals surface area contributed by atoms with Crippen LogP contribution in [0.1, 0.15) is 52.2 Å². The molecule has 9 heteroatoms. The van der Waals surface area contributed by atoms with E-state index in [2.05, 4.69) is 10.6 Å². The van der Waals surface area contributed by atoms with Gasteiger partial charge in [-0.05, 0) is 73.9 Å². The Labute approximate surface area is 199 Å². The first-order chi connectivity index (χ1) is 16.3. The van der Waals surface area contributed by atoms with Gasteiger partial charge >= 0.3 is 0 Å². The Bertz CT molecular complexity index is 1260. The van der Waals surface area contributed by atoms with Gasteiger partial charge in [0, 0.05) is 30.0 Å². The highest BCUT2D eigenvalue weighted by atomic mass is 32.2. The first kappa shape index (κ1) is 23.7. The zero-order chi connectivity index (χ0) is 24.1. The number of anilines is 2. The van der Waals surface area contributed by atoms with Crippen LogP contribution in [-0.4, -0.2) is 37.6 Å². The minimum absolute atomic E-state index is 0.187. The lowest BCUT2D eigenvalue weighted by Crippen LogP contribution is -2.32. The van der Waals surface area contributed by atoms with E-state index < -0.39 is 10.0 Å². The van der Waals surface area contributed by atoms with Crippen LogP contribution in [0.25, 0.3) is 0 Å². The second-order valence-electron chi connectivity index (χ2n) is 8.26. The molecule has 0 aliphatic carbocycles. The van der Waals surface area contributed by atoms with Gasteiger partial charge in [-0.2, -0.15) is 4.31 Å². The first-order valence-corrected chi connectivity index (χ1v) is 12.7. The summed E-state index contributed by atoms with van der Waals surface area (Å²) in [6.07, 6.45) is 5.19. The number of rotatable bonds is 6. The molecule has 1 fully saturated rings. The van der Waals surface area contributed by atoms with Gasteiger partial charge in [0.15, 0.2) is 5.76 Å². The number of furan rings is 1. The van der Waals surface area contributed by atoms with Crippen LogP contribution in [0, 0.1) is 6.92 Å². The van der Waals surface area contributed by atoms with Crippen molar-refractivity contribution in [2.24, 2.45) is 0 Å². The molecule has 34 heavy (non-hydrogen) atoms. The van der Waals surface area contributed by atoms with Crippen molar-refractivity contribution in [3.63, 3.8) is 0 Å². The molecule has 0 bridgehead atoms. The van der Waals surface area contributed by atoms with Crippen LogP contribution in [0.15, 0.2) is 70.2 Å². The van der Waals surface area contributed by atoms with Gasteiger partial charge in [-0.1, -0.05) is 18.9 Å². The zero-order valence-corrected chi connectivity index (χ0v) is 19.7. The van der Waals surface area contributed by atoms with Gasteiger partial charge < -0.3 is 15.1 Å². The number of nitrogens with zero attached hydrogens (tertiary/aromatic N) is 1. The highest BCUT2D eigenvalue weighted by molar-refractivity contribution is 7.89. The van der Waals surface area contributed by atoms with E-state index in [1.807, 2.05) is 0 Å². The predicted octanol–water partition coefficient (Wildman–Crippen LogP) is 4.66. The van der Waals surface area contributed by atoms with Crippen molar-refractivity contribution in [1.29, 1.82) is 0 Å². The Morgan fingerprint density at radius 1 is 0.853 bits per heavy atom. The van der Waals surface area contributed by atoms with Crippen molar-refractivity contribution in [3.8, 4) is 0 Å². The maximum absolute atomic E-state index is 13.3. The number of sulfonamides is 1. The number of amides is 2. The van der Waals surface area contributed by atoms with E-state index in [1.165, 1.54) is 12.3 Å². The second-order valence-corrected chi connectivity index (χ2v) is 10.2. The first-order valence-electron chi connectivity index (χ1n) is 11.2. The van der Waals surface area contributed by atoms with Crippen LogP contribution in [0.3, 0.4) is 0 Å². The molecule has 4 rings (SSSR count). The summed E-state index contributed by atoms with van der Waals surface area (Å²) >= 11 is 0. The smallest absolute Gasteiger partial charge is 0.291 e. The van der Waals surface area contributed by atoms with E-state index in [4.69, 9.17) is 4.42 Å². The lowest BCUT2D eigenvalue weighted by Gasteiger charge is -2.21. The van der Waals surface area contributed by atoms with Crippen molar-refractivity contribution >= 4 is 33.2 Å².